The van der Waals surface area contributed by atoms with E-state index in [0.29, 0.717) is 45.3 Å². The first-order valence-corrected chi connectivity index (χ1v) is 35.3. The van der Waals surface area contributed by atoms with Crippen molar-refractivity contribution in [2.45, 2.75) is 232 Å². The van der Waals surface area contributed by atoms with Crippen molar-refractivity contribution in [3.05, 3.63) is 0 Å². The van der Waals surface area contributed by atoms with E-state index in [1.807, 2.05) is 15.6 Å². The molecule has 1 aromatic rings. The summed E-state index contributed by atoms with van der Waals surface area (Å²) in [4.78, 5) is 0. The van der Waals surface area contributed by atoms with E-state index in [4.69, 9.17) is 0 Å². The minimum atomic E-state index is -1.89. The van der Waals surface area contributed by atoms with Crippen LogP contribution in [0.3, 0.4) is 0 Å². The van der Waals surface area contributed by atoms with Crippen LogP contribution in [0.4, 0.5) is 0 Å². The third kappa shape index (κ3) is 6.99. The van der Waals surface area contributed by atoms with Gasteiger partial charge in [-0.1, -0.05) is 233 Å². The van der Waals surface area contributed by atoms with Gasteiger partial charge in [0.2, 0.25) is 0 Å². The highest BCUT2D eigenvalue weighted by atomic mass is 33.0. The van der Waals surface area contributed by atoms with E-state index in [2.05, 4.69) is 187 Å². The smallest absolute Gasteiger partial charge is 0.127 e. The Morgan fingerprint density at radius 3 is 0.545 bits per heavy atom. The highest BCUT2D eigenvalue weighted by Crippen LogP contribution is 3.09. The van der Waals surface area contributed by atoms with Crippen LogP contribution in [0.25, 0.3) is 0 Å². The molecular weight excluding hydrogens is 672 g/mol. The van der Waals surface area contributed by atoms with Gasteiger partial charge in [0.15, 0.2) is 0 Å². The fourth-order valence-electron chi connectivity index (χ4n) is 12.7. The number of rotatable bonds is 5. The molecule has 1 heterocycles. The highest BCUT2D eigenvalue weighted by molar-refractivity contribution is 9.06. The van der Waals surface area contributed by atoms with Gasteiger partial charge in [-0.15, -0.1) is 0 Å². The maximum Gasteiger partial charge on any atom is 0.127 e. The maximum atomic E-state index is 2.70. The van der Waals surface area contributed by atoms with Gasteiger partial charge in [0, 0.05) is 0 Å². The molecular formula is C36H81P5Si3-2. The zero-order valence-electron chi connectivity index (χ0n) is 35.2. The summed E-state index contributed by atoms with van der Waals surface area (Å²) < 4.78 is 0. The fraction of sp³-hybridized carbons (Fsp3) is 1.00. The summed E-state index contributed by atoms with van der Waals surface area (Å²) in [6.07, 6.45) is 0.0124. The second-order valence-electron chi connectivity index (χ2n) is 23.4. The first kappa shape index (κ1) is 44.4. The van der Waals surface area contributed by atoms with Crippen molar-refractivity contribution in [2.75, 3.05) is 0 Å². The maximum absolute atomic E-state index is 2.70. The summed E-state index contributed by atoms with van der Waals surface area (Å²) in [7, 11) is -1.68. The summed E-state index contributed by atoms with van der Waals surface area (Å²) in [6, 6.07) is 0. The summed E-state index contributed by atoms with van der Waals surface area (Å²) in [5.74, 6) is 0. The Balaban J connectivity index is 4.67. The molecule has 0 saturated heterocycles. The minimum Gasteiger partial charge on any atom is -0.473 e. The van der Waals surface area contributed by atoms with Crippen LogP contribution in [0, 0.1) is 0 Å². The molecule has 0 bridgehead atoms. The third-order valence-corrected chi connectivity index (χ3v) is 111. The SMILES string of the molecule is CC(C)(C)[Si]([P-]p1p([P-][Si](C(C)(C)C)(C(C)(C)C)C(C)(C)C)p1[Si](C(C)(C)C)(C(C)(C)C)C(C)(C)C)(C(C)(C)C)C(C)(C)C. The predicted octanol–water partition coefficient (Wildman–Crippen LogP) is 19.0. The lowest BCUT2D eigenvalue weighted by Gasteiger charge is -2.70. The molecule has 1 rings (SSSR count). The lowest BCUT2D eigenvalue weighted by atomic mass is 10.2. The van der Waals surface area contributed by atoms with Crippen LogP contribution in [-0.4, -0.2) is 23.2 Å². The molecule has 0 nitrogen and oxygen atoms in total. The molecule has 1 aromatic heterocycles. The van der Waals surface area contributed by atoms with E-state index in [0.717, 1.165) is 0 Å². The van der Waals surface area contributed by atoms with Crippen molar-refractivity contribution in [3.8, 4) is 0 Å². The minimum absolute atomic E-state index is 0.00300. The van der Waals surface area contributed by atoms with Crippen molar-refractivity contribution >= 4 is 58.4 Å². The lowest BCUT2D eigenvalue weighted by molar-refractivity contribution is 0.558. The Hall–Kier alpha value is 2.41. The van der Waals surface area contributed by atoms with Crippen LogP contribution < -0.4 is 0 Å². The van der Waals surface area contributed by atoms with Gasteiger partial charge in [0.05, 0.1) is 0 Å². The molecule has 0 saturated carbocycles. The molecule has 2 atom stereocenters. The van der Waals surface area contributed by atoms with Gasteiger partial charge in [-0.2, -0.15) is 6.44 Å². The first-order chi connectivity index (χ1) is 18.6. The Bertz CT molecular complexity index is 945. The van der Waals surface area contributed by atoms with Crippen LogP contribution in [0.2, 0.25) is 45.3 Å². The topological polar surface area (TPSA) is 0 Å². The van der Waals surface area contributed by atoms with E-state index in [1.165, 1.54) is 0 Å². The average Bonchev–Trinajstić information content (AvgIpc) is 3.25. The molecule has 0 amide bonds. The number of hydrogen-bond acceptors (Lipinski definition) is 0. The normalized spacial score (nSPS) is 18.5. The second-order valence-corrected chi connectivity index (χ2v) is 73.9. The molecule has 0 fully saturated rings. The van der Waals surface area contributed by atoms with Gasteiger partial charge >= 0.3 is 0 Å². The molecule has 0 aliphatic carbocycles. The Labute approximate surface area is 289 Å². The average molecular weight is 753 g/mol. The summed E-state index contributed by atoms with van der Waals surface area (Å²) in [5.41, 5.74) is 0. The molecule has 0 N–H and O–H groups in total. The molecule has 0 radical (unpaired) electrons. The molecule has 44 heavy (non-hydrogen) atoms. The third-order valence-electron chi connectivity index (χ3n) is 11.0. The predicted molar refractivity (Wildman–Crippen MR) is 229 cm³/mol. The van der Waals surface area contributed by atoms with Crippen molar-refractivity contribution in [1.29, 1.82) is 0 Å². The Kier molecular flexibility index (Phi) is 12.4. The van der Waals surface area contributed by atoms with Crippen LogP contribution in [0.15, 0.2) is 0 Å². The van der Waals surface area contributed by atoms with Crippen LogP contribution in [0.1, 0.15) is 187 Å². The summed E-state index contributed by atoms with van der Waals surface area (Å²) in [6.45, 7) is 72.2. The molecule has 0 aliphatic heterocycles. The largest absolute Gasteiger partial charge is 0.473 e. The Morgan fingerprint density at radius 2 is 0.432 bits per heavy atom. The molecule has 2 unspecified atom stereocenters. The molecule has 264 valence electrons. The van der Waals surface area contributed by atoms with Gasteiger partial charge in [0.1, 0.15) is 7.74 Å². The zero-order chi connectivity index (χ0) is 36.1. The molecule has 0 aliphatic rings. The van der Waals surface area contributed by atoms with Gasteiger partial charge in [0.25, 0.3) is 0 Å². The van der Waals surface area contributed by atoms with Crippen molar-refractivity contribution in [3.63, 3.8) is 0 Å². The monoisotopic (exact) mass is 752 g/mol. The number of hydrogen-bond donors (Lipinski definition) is 0. The second kappa shape index (κ2) is 12.3. The Morgan fingerprint density at radius 1 is 0.273 bits per heavy atom. The first-order valence-electron chi connectivity index (χ1n) is 17.4. The standard InChI is InChI=1S/C36H81P5Si3/c1-28(2,3)42(29(4,5)6,30(7,8)9)37-39-40(38-43(31(10,11)12,32(13,14)15)33(16,17)18)41(39)44(34(19,20)21,35(22,23)24)36(25,26)27/h1-27H3/q-2. The lowest BCUT2D eigenvalue weighted by Crippen LogP contribution is -2.55. The van der Waals surface area contributed by atoms with Crippen molar-refractivity contribution in [2.24, 2.45) is 0 Å². The summed E-state index contributed by atoms with van der Waals surface area (Å²) in [5, 5.41) is 3.28. The van der Waals surface area contributed by atoms with Gasteiger partial charge in [-0.25, -0.2) is 0 Å². The molecule has 8 heteroatoms. The van der Waals surface area contributed by atoms with Crippen LogP contribution in [0.5, 0.6) is 0 Å². The van der Waals surface area contributed by atoms with Crippen molar-refractivity contribution < 1.29 is 0 Å². The van der Waals surface area contributed by atoms with Crippen LogP contribution in [-0.2, 0) is 0 Å². The summed E-state index contributed by atoms with van der Waals surface area (Å²) >= 11 is 0. The van der Waals surface area contributed by atoms with Gasteiger partial charge in [-0.05, 0) is 15.1 Å². The van der Waals surface area contributed by atoms with E-state index in [9.17, 15) is 0 Å². The van der Waals surface area contributed by atoms with E-state index >= 15 is 0 Å². The van der Waals surface area contributed by atoms with E-state index in [-0.39, 0.29) is 19.6 Å². The molecule has 0 aromatic carbocycles. The quantitative estimate of drug-likeness (QED) is 0.208. The van der Waals surface area contributed by atoms with E-state index in [1.54, 1.807) is 0 Å². The van der Waals surface area contributed by atoms with Gasteiger partial charge in [-0.3, -0.25) is 13.2 Å². The van der Waals surface area contributed by atoms with Crippen LogP contribution >= 0.6 is 35.2 Å². The zero-order valence-corrected chi connectivity index (χ0v) is 42.7. The van der Waals surface area contributed by atoms with Gasteiger partial charge < -0.3 is 15.6 Å². The van der Waals surface area contributed by atoms with E-state index < -0.39 is 23.2 Å². The highest BCUT2D eigenvalue weighted by Gasteiger charge is 2.64. The van der Waals surface area contributed by atoms with Crippen molar-refractivity contribution in [1.82, 2.24) is 0 Å². The molecule has 0 spiro atoms. The fourth-order valence-corrected chi connectivity index (χ4v) is 190.